The summed E-state index contributed by atoms with van der Waals surface area (Å²) in [4.78, 5) is 28.3. The van der Waals surface area contributed by atoms with Gasteiger partial charge in [0.25, 0.3) is 0 Å². The van der Waals surface area contributed by atoms with Gasteiger partial charge in [0, 0.05) is 54.8 Å². The number of morpholine rings is 1. The van der Waals surface area contributed by atoms with Crippen LogP contribution in [0.25, 0.3) is 11.3 Å². The van der Waals surface area contributed by atoms with E-state index in [0.29, 0.717) is 31.3 Å². The lowest BCUT2D eigenvalue weighted by Crippen LogP contribution is -2.37. The number of nitrogens with two attached hydrogens (primary N) is 2. The summed E-state index contributed by atoms with van der Waals surface area (Å²) in [6, 6.07) is 9.27. The molecule has 0 spiro atoms. The highest BCUT2D eigenvalue weighted by Crippen LogP contribution is 2.25. The first-order valence-electron chi connectivity index (χ1n) is 10.9. The Morgan fingerprint density at radius 2 is 1.94 bits per heavy atom. The van der Waals surface area contributed by atoms with Crippen molar-refractivity contribution in [3.05, 3.63) is 60.2 Å². The molecule has 0 bridgehead atoms. The zero-order chi connectivity index (χ0) is 23.2. The lowest BCUT2D eigenvalue weighted by Gasteiger charge is -2.30. The molecular formula is C24H28N6O3. The Kier molecular flexibility index (Phi) is 7.11. The molecule has 172 valence electrons. The smallest absolute Gasteiger partial charge is 0.189 e. The highest BCUT2D eigenvalue weighted by molar-refractivity contribution is 6.00. The first kappa shape index (κ1) is 22.6. The predicted molar refractivity (Wildman–Crippen MR) is 126 cm³/mol. The largest absolute Gasteiger partial charge is 0.492 e. The van der Waals surface area contributed by atoms with Crippen molar-refractivity contribution in [3.63, 3.8) is 0 Å². The number of benzene rings is 1. The van der Waals surface area contributed by atoms with Crippen LogP contribution in [0.3, 0.4) is 0 Å². The Balaban J connectivity index is 1.53. The van der Waals surface area contributed by atoms with Crippen molar-refractivity contribution in [1.82, 2.24) is 15.0 Å². The number of carbonyl (C=O) groups is 1. The summed E-state index contributed by atoms with van der Waals surface area (Å²) >= 11 is 0. The van der Waals surface area contributed by atoms with E-state index in [1.54, 1.807) is 18.6 Å². The van der Waals surface area contributed by atoms with Crippen LogP contribution >= 0.6 is 0 Å². The van der Waals surface area contributed by atoms with Crippen LogP contribution in [0.2, 0.25) is 0 Å². The average molecular weight is 449 g/mol. The number of ketones is 1. The number of aromatic nitrogens is 3. The van der Waals surface area contributed by atoms with Gasteiger partial charge in [-0.1, -0.05) is 0 Å². The van der Waals surface area contributed by atoms with Crippen LogP contribution in [0, 0.1) is 0 Å². The summed E-state index contributed by atoms with van der Waals surface area (Å²) in [5.41, 5.74) is 15.1. The molecule has 0 amide bonds. The molecule has 1 fully saturated rings. The van der Waals surface area contributed by atoms with Gasteiger partial charge in [0.05, 0.1) is 25.1 Å². The van der Waals surface area contributed by atoms with E-state index in [2.05, 4.69) is 19.9 Å². The van der Waals surface area contributed by atoms with Crippen molar-refractivity contribution in [2.75, 3.05) is 43.5 Å². The van der Waals surface area contributed by atoms with Crippen molar-refractivity contribution in [2.45, 2.75) is 19.4 Å². The second kappa shape index (κ2) is 10.4. The molecule has 9 nitrogen and oxygen atoms in total. The molecule has 0 radical (unpaired) electrons. The fourth-order valence-corrected chi connectivity index (χ4v) is 3.62. The minimum absolute atomic E-state index is 0.0511. The SMILES string of the molecule is CC(N)COc1ccc(-c2cnc(N)c(C(=O)Cc3cnccc3N3CCOCC3)n2)cc1. The third-order valence-corrected chi connectivity index (χ3v) is 5.31. The van der Waals surface area contributed by atoms with Crippen LogP contribution in [0.4, 0.5) is 11.5 Å². The Morgan fingerprint density at radius 3 is 2.67 bits per heavy atom. The van der Waals surface area contributed by atoms with E-state index < -0.39 is 0 Å². The molecule has 1 aliphatic rings. The van der Waals surface area contributed by atoms with E-state index in [0.717, 1.165) is 29.9 Å². The van der Waals surface area contributed by atoms with Gasteiger partial charge in [0.1, 0.15) is 18.1 Å². The molecule has 0 aliphatic carbocycles. The van der Waals surface area contributed by atoms with E-state index in [-0.39, 0.29) is 29.8 Å². The molecule has 1 saturated heterocycles. The number of ether oxygens (including phenoxy) is 2. The maximum Gasteiger partial charge on any atom is 0.189 e. The standard InChI is InChI=1S/C24H28N6O3/c1-16(25)15-33-19-4-2-17(3-5-19)20-14-28-24(26)23(29-20)22(31)12-18-13-27-7-6-21(18)30-8-10-32-11-9-30/h2-7,13-14,16H,8-12,15,25H2,1H3,(H2,26,28). The number of pyridine rings is 1. The Labute approximate surface area is 192 Å². The van der Waals surface area contributed by atoms with E-state index in [4.69, 9.17) is 20.9 Å². The third-order valence-electron chi connectivity index (χ3n) is 5.31. The summed E-state index contributed by atoms with van der Waals surface area (Å²) in [6.07, 6.45) is 5.15. The summed E-state index contributed by atoms with van der Waals surface area (Å²) in [7, 11) is 0. The molecule has 2 aromatic heterocycles. The van der Waals surface area contributed by atoms with Gasteiger partial charge in [0.2, 0.25) is 0 Å². The summed E-state index contributed by atoms with van der Waals surface area (Å²) < 4.78 is 11.1. The average Bonchev–Trinajstić information content (AvgIpc) is 2.84. The molecule has 3 aromatic rings. The lowest BCUT2D eigenvalue weighted by atomic mass is 10.1. The van der Waals surface area contributed by atoms with Crippen molar-refractivity contribution in [3.8, 4) is 17.0 Å². The number of nitrogens with zero attached hydrogens (tertiary/aromatic N) is 4. The maximum atomic E-state index is 13.2. The number of Topliss-reactive ketones (excluding diaryl/α,β-unsaturated/α-hetero) is 1. The van der Waals surface area contributed by atoms with Crippen LogP contribution in [0.1, 0.15) is 23.0 Å². The zero-order valence-corrected chi connectivity index (χ0v) is 18.6. The molecule has 1 aromatic carbocycles. The minimum Gasteiger partial charge on any atom is -0.492 e. The van der Waals surface area contributed by atoms with Crippen LogP contribution in [-0.4, -0.2) is 59.7 Å². The van der Waals surface area contributed by atoms with Gasteiger partial charge in [-0.15, -0.1) is 0 Å². The summed E-state index contributed by atoms with van der Waals surface area (Å²) in [5.74, 6) is 0.613. The first-order valence-corrected chi connectivity index (χ1v) is 10.9. The summed E-state index contributed by atoms with van der Waals surface area (Å²) in [6.45, 7) is 5.17. The monoisotopic (exact) mass is 448 g/mol. The van der Waals surface area contributed by atoms with Crippen LogP contribution in [-0.2, 0) is 11.2 Å². The van der Waals surface area contributed by atoms with Crippen molar-refractivity contribution >= 4 is 17.3 Å². The molecule has 1 unspecified atom stereocenters. The van der Waals surface area contributed by atoms with Gasteiger partial charge in [-0.05, 0) is 37.3 Å². The predicted octanol–water partition coefficient (Wildman–Crippen LogP) is 2.11. The summed E-state index contributed by atoms with van der Waals surface area (Å²) in [5, 5.41) is 0. The highest BCUT2D eigenvalue weighted by Gasteiger charge is 2.20. The zero-order valence-electron chi connectivity index (χ0n) is 18.6. The minimum atomic E-state index is -0.207. The van der Waals surface area contributed by atoms with Gasteiger partial charge in [-0.25, -0.2) is 9.97 Å². The topological polar surface area (TPSA) is 129 Å². The molecule has 4 N–H and O–H groups in total. The number of hydrogen-bond acceptors (Lipinski definition) is 9. The van der Waals surface area contributed by atoms with Gasteiger partial charge in [-0.3, -0.25) is 9.78 Å². The number of hydrogen-bond donors (Lipinski definition) is 2. The van der Waals surface area contributed by atoms with Gasteiger partial charge < -0.3 is 25.8 Å². The number of anilines is 2. The molecule has 3 heterocycles. The second-order valence-corrected chi connectivity index (χ2v) is 8.01. The Bertz CT molecular complexity index is 1100. The molecule has 1 aliphatic heterocycles. The number of nitrogen functional groups attached to an aromatic ring is 1. The van der Waals surface area contributed by atoms with Crippen molar-refractivity contribution in [2.24, 2.45) is 5.73 Å². The number of carbonyl (C=O) groups excluding carboxylic acids is 1. The lowest BCUT2D eigenvalue weighted by molar-refractivity contribution is 0.0988. The third kappa shape index (κ3) is 5.63. The fraction of sp³-hybridized carbons (Fsp3) is 0.333. The molecule has 0 saturated carbocycles. The molecular weight excluding hydrogens is 420 g/mol. The quantitative estimate of drug-likeness (QED) is 0.498. The van der Waals surface area contributed by atoms with Crippen LogP contribution in [0.15, 0.2) is 48.9 Å². The van der Waals surface area contributed by atoms with E-state index in [1.807, 2.05) is 37.3 Å². The van der Waals surface area contributed by atoms with Gasteiger partial charge >= 0.3 is 0 Å². The fourth-order valence-electron chi connectivity index (χ4n) is 3.62. The van der Waals surface area contributed by atoms with Gasteiger partial charge in [-0.2, -0.15) is 0 Å². The maximum absolute atomic E-state index is 13.2. The Hall–Kier alpha value is -3.56. The molecule has 9 heteroatoms. The van der Waals surface area contributed by atoms with Crippen LogP contribution in [0.5, 0.6) is 5.75 Å². The Morgan fingerprint density at radius 1 is 1.18 bits per heavy atom. The molecule has 4 rings (SSSR count). The van der Waals surface area contributed by atoms with Gasteiger partial charge in [0.15, 0.2) is 11.6 Å². The first-order chi connectivity index (χ1) is 16.0. The van der Waals surface area contributed by atoms with Crippen molar-refractivity contribution in [1.29, 1.82) is 0 Å². The molecule has 1 atom stereocenters. The normalized spacial score (nSPS) is 14.7. The van der Waals surface area contributed by atoms with Crippen LogP contribution < -0.4 is 21.1 Å². The van der Waals surface area contributed by atoms with Crippen molar-refractivity contribution < 1.29 is 14.3 Å². The van der Waals surface area contributed by atoms with E-state index in [9.17, 15) is 4.79 Å². The number of rotatable bonds is 8. The van der Waals surface area contributed by atoms with E-state index in [1.165, 1.54) is 0 Å². The van der Waals surface area contributed by atoms with E-state index >= 15 is 0 Å². The second-order valence-electron chi connectivity index (χ2n) is 8.01. The molecule has 33 heavy (non-hydrogen) atoms. The highest BCUT2D eigenvalue weighted by atomic mass is 16.5.